The summed E-state index contributed by atoms with van der Waals surface area (Å²) in [6, 6.07) is 0. The van der Waals surface area contributed by atoms with Gasteiger partial charge in [-0.05, 0) is 12.8 Å². The highest BCUT2D eigenvalue weighted by molar-refractivity contribution is 6.04. The number of esters is 1. The predicted molar refractivity (Wildman–Crippen MR) is 47.0 cm³/mol. The molecular formula is C9H15NO3. The van der Waals surface area contributed by atoms with Crippen molar-refractivity contribution in [2.75, 3.05) is 13.7 Å². The van der Waals surface area contributed by atoms with E-state index in [0.717, 1.165) is 6.42 Å². The summed E-state index contributed by atoms with van der Waals surface area (Å²) in [5.74, 6) is -0.578. The monoisotopic (exact) mass is 185 g/mol. The van der Waals surface area contributed by atoms with Gasteiger partial charge in [0.1, 0.15) is 5.41 Å². The molecule has 4 nitrogen and oxygen atoms in total. The Labute approximate surface area is 77.6 Å². The summed E-state index contributed by atoms with van der Waals surface area (Å²) in [5, 5.41) is 2.67. The molecule has 1 atom stereocenters. The van der Waals surface area contributed by atoms with Crippen LogP contribution in [-0.4, -0.2) is 25.5 Å². The third kappa shape index (κ3) is 1.53. The van der Waals surface area contributed by atoms with E-state index in [2.05, 4.69) is 10.1 Å². The summed E-state index contributed by atoms with van der Waals surface area (Å²) in [5.41, 5.74) is -0.899. The van der Waals surface area contributed by atoms with Gasteiger partial charge < -0.3 is 10.1 Å². The van der Waals surface area contributed by atoms with Crippen molar-refractivity contribution in [1.82, 2.24) is 5.32 Å². The van der Waals surface area contributed by atoms with E-state index in [-0.39, 0.29) is 5.91 Å². The molecule has 1 aliphatic rings. The number of nitrogens with one attached hydrogen (secondary N) is 1. The van der Waals surface area contributed by atoms with Crippen LogP contribution in [0.15, 0.2) is 0 Å². The number of methoxy groups -OCH3 is 1. The highest BCUT2D eigenvalue weighted by Gasteiger charge is 2.49. The van der Waals surface area contributed by atoms with E-state index in [1.165, 1.54) is 7.11 Å². The molecule has 0 bridgehead atoms. The first-order valence-electron chi connectivity index (χ1n) is 4.54. The molecule has 0 aromatic rings. The van der Waals surface area contributed by atoms with Crippen molar-refractivity contribution in [3.63, 3.8) is 0 Å². The molecular weight excluding hydrogens is 170 g/mol. The van der Waals surface area contributed by atoms with Gasteiger partial charge in [-0.3, -0.25) is 9.59 Å². The van der Waals surface area contributed by atoms with E-state index in [1.807, 2.05) is 6.92 Å². The Morgan fingerprint density at radius 3 is 2.77 bits per heavy atom. The predicted octanol–water partition coefficient (Wildman–Crippen LogP) is 0.466. The zero-order valence-corrected chi connectivity index (χ0v) is 8.05. The summed E-state index contributed by atoms with van der Waals surface area (Å²) in [6.07, 6.45) is 1.94. The summed E-state index contributed by atoms with van der Waals surface area (Å²) in [6.45, 7) is 2.53. The molecule has 1 aliphatic heterocycles. The molecule has 0 aliphatic carbocycles. The van der Waals surface area contributed by atoms with Gasteiger partial charge in [0.2, 0.25) is 5.91 Å². The highest BCUT2D eigenvalue weighted by atomic mass is 16.5. The average molecular weight is 185 g/mol. The fraction of sp³-hybridized carbons (Fsp3) is 0.778. The average Bonchev–Trinajstić information content (AvgIpc) is 2.48. The minimum Gasteiger partial charge on any atom is -0.468 e. The van der Waals surface area contributed by atoms with Crippen LogP contribution < -0.4 is 5.32 Å². The minimum atomic E-state index is -0.899. The van der Waals surface area contributed by atoms with Crippen molar-refractivity contribution in [1.29, 1.82) is 0 Å². The molecule has 1 N–H and O–H groups in total. The number of hydrogen-bond acceptors (Lipinski definition) is 3. The molecule has 74 valence electrons. The molecule has 1 amide bonds. The van der Waals surface area contributed by atoms with Crippen molar-refractivity contribution < 1.29 is 14.3 Å². The normalized spacial score (nSPS) is 27.1. The molecule has 4 heteroatoms. The molecule has 13 heavy (non-hydrogen) atoms. The molecule has 0 spiro atoms. The van der Waals surface area contributed by atoms with Crippen LogP contribution in [0.2, 0.25) is 0 Å². The van der Waals surface area contributed by atoms with Crippen LogP contribution in [-0.2, 0) is 14.3 Å². The highest BCUT2D eigenvalue weighted by Crippen LogP contribution is 2.33. The Balaban J connectivity index is 2.86. The molecule has 1 saturated heterocycles. The zero-order valence-electron chi connectivity index (χ0n) is 8.05. The number of rotatable bonds is 3. The second-order valence-corrected chi connectivity index (χ2v) is 3.33. The van der Waals surface area contributed by atoms with Crippen LogP contribution in [0.4, 0.5) is 0 Å². The fourth-order valence-electron chi connectivity index (χ4n) is 1.83. The molecule has 0 aromatic carbocycles. The summed E-state index contributed by atoms with van der Waals surface area (Å²) < 4.78 is 4.66. The Morgan fingerprint density at radius 2 is 2.38 bits per heavy atom. The van der Waals surface area contributed by atoms with E-state index < -0.39 is 11.4 Å². The van der Waals surface area contributed by atoms with Gasteiger partial charge in [-0.1, -0.05) is 13.3 Å². The van der Waals surface area contributed by atoms with Gasteiger partial charge in [-0.2, -0.15) is 0 Å². The van der Waals surface area contributed by atoms with Crippen LogP contribution in [0.1, 0.15) is 26.2 Å². The van der Waals surface area contributed by atoms with E-state index in [1.54, 1.807) is 0 Å². The van der Waals surface area contributed by atoms with Gasteiger partial charge in [0.15, 0.2) is 0 Å². The maximum Gasteiger partial charge on any atom is 0.321 e. The van der Waals surface area contributed by atoms with Gasteiger partial charge in [0.05, 0.1) is 7.11 Å². The largest absolute Gasteiger partial charge is 0.468 e. The maximum atomic E-state index is 11.5. The number of ether oxygens (including phenoxy) is 1. The van der Waals surface area contributed by atoms with Crippen LogP contribution in [0.25, 0.3) is 0 Å². The van der Waals surface area contributed by atoms with Gasteiger partial charge >= 0.3 is 5.97 Å². The lowest BCUT2D eigenvalue weighted by atomic mass is 9.82. The van der Waals surface area contributed by atoms with E-state index in [9.17, 15) is 9.59 Å². The van der Waals surface area contributed by atoms with Crippen molar-refractivity contribution in [3.05, 3.63) is 0 Å². The molecule has 0 radical (unpaired) electrons. The quantitative estimate of drug-likeness (QED) is 0.513. The topological polar surface area (TPSA) is 55.4 Å². The van der Waals surface area contributed by atoms with Crippen molar-refractivity contribution in [2.45, 2.75) is 26.2 Å². The Hall–Kier alpha value is -1.06. The second kappa shape index (κ2) is 3.77. The van der Waals surface area contributed by atoms with E-state index >= 15 is 0 Å². The second-order valence-electron chi connectivity index (χ2n) is 3.33. The van der Waals surface area contributed by atoms with Gasteiger partial charge in [0.25, 0.3) is 0 Å². The van der Waals surface area contributed by atoms with Crippen LogP contribution in [0, 0.1) is 5.41 Å². The van der Waals surface area contributed by atoms with Crippen molar-refractivity contribution in [3.8, 4) is 0 Å². The summed E-state index contributed by atoms with van der Waals surface area (Å²) >= 11 is 0. The molecule has 1 heterocycles. The van der Waals surface area contributed by atoms with Crippen LogP contribution in [0.5, 0.6) is 0 Å². The molecule has 0 aromatic heterocycles. The SMILES string of the molecule is CCCC1(C(=O)OC)CCNC1=O. The van der Waals surface area contributed by atoms with Crippen molar-refractivity contribution in [2.24, 2.45) is 5.41 Å². The van der Waals surface area contributed by atoms with Gasteiger partial charge in [-0.15, -0.1) is 0 Å². The first-order valence-corrected chi connectivity index (χ1v) is 4.54. The standard InChI is InChI=1S/C9H15NO3/c1-3-4-9(8(12)13-2)5-6-10-7(9)11/h3-6H2,1-2H3,(H,10,11). The summed E-state index contributed by atoms with van der Waals surface area (Å²) in [7, 11) is 1.32. The maximum absolute atomic E-state index is 11.5. The molecule has 1 fully saturated rings. The lowest BCUT2D eigenvalue weighted by Gasteiger charge is -2.21. The first-order chi connectivity index (χ1) is 6.17. The third-order valence-electron chi connectivity index (χ3n) is 2.52. The van der Waals surface area contributed by atoms with E-state index in [0.29, 0.717) is 19.4 Å². The molecule has 1 unspecified atom stereocenters. The fourth-order valence-corrected chi connectivity index (χ4v) is 1.83. The number of carbonyl (C=O) groups is 2. The zero-order chi connectivity index (χ0) is 9.90. The van der Waals surface area contributed by atoms with Crippen LogP contribution >= 0.6 is 0 Å². The number of carbonyl (C=O) groups excluding carboxylic acids is 2. The lowest BCUT2D eigenvalue weighted by molar-refractivity contribution is -0.157. The van der Waals surface area contributed by atoms with Gasteiger partial charge in [-0.25, -0.2) is 0 Å². The van der Waals surface area contributed by atoms with Gasteiger partial charge in [0, 0.05) is 6.54 Å². The Kier molecular flexibility index (Phi) is 2.90. The minimum absolute atomic E-state index is 0.179. The Bertz CT molecular complexity index is 227. The van der Waals surface area contributed by atoms with Crippen molar-refractivity contribution >= 4 is 11.9 Å². The first kappa shape index (κ1) is 10.0. The summed E-state index contributed by atoms with van der Waals surface area (Å²) in [4.78, 5) is 22.9. The number of amides is 1. The Morgan fingerprint density at radius 1 is 1.69 bits per heavy atom. The van der Waals surface area contributed by atoms with Crippen LogP contribution in [0.3, 0.4) is 0 Å². The lowest BCUT2D eigenvalue weighted by Crippen LogP contribution is -2.39. The molecule has 0 saturated carbocycles. The smallest absolute Gasteiger partial charge is 0.321 e. The third-order valence-corrected chi connectivity index (χ3v) is 2.52. The number of hydrogen-bond donors (Lipinski definition) is 1. The van der Waals surface area contributed by atoms with E-state index in [4.69, 9.17) is 0 Å². The molecule has 1 rings (SSSR count).